The van der Waals surface area contributed by atoms with Crippen LogP contribution >= 0.6 is 15.9 Å². The van der Waals surface area contributed by atoms with Gasteiger partial charge in [0.1, 0.15) is 0 Å². The van der Waals surface area contributed by atoms with Crippen LogP contribution in [0.15, 0.2) is 53.0 Å². The first kappa shape index (κ1) is 15.7. The van der Waals surface area contributed by atoms with E-state index in [4.69, 9.17) is 0 Å². The Morgan fingerprint density at radius 2 is 1.83 bits per heavy atom. The molecule has 0 aliphatic rings. The Bertz CT molecular complexity index is 894. The van der Waals surface area contributed by atoms with Crippen molar-refractivity contribution in [2.75, 3.05) is 0 Å². The predicted molar refractivity (Wildman–Crippen MR) is 89.6 cm³/mol. The number of halogens is 3. The number of aldehydes is 1. The summed E-state index contributed by atoms with van der Waals surface area (Å²) >= 11 is 3.36. The summed E-state index contributed by atoms with van der Waals surface area (Å²) in [5.41, 5.74) is 1.37. The molecule has 0 unspecified atom stereocenters. The Balaban J connectivity index is 2.51. The van der Waals surface area contributed by atoms with Gasteiger partial charge >= 0.3 is 5.92 Å². The van der Waals surface area contributed by atoms with Crippen LogP contribution in [0.1, 0.15) is 11.3 Å². The van der Waals surface area contributed by atoms with Crippen molar-refractivity contribution in [3.8, 4) is 11.1 Å². The second-order valence-corrected chi connectivity index (χ2v) is 6.13. The average molecular weight is 376 g/mol. The minimum atomic E-state index is -3.60. The average Bonchev–Trinajstić information content (AvgIpc) is 2.54. The van der Waals surface area contributed by atoms with Crippen LogP contribution in [-0.4, -0.2) is 11.3 Å². The molecule has 0 bridgehead atoms. The molecule has 2 aromatic carbocycles. The highest BCUT2D eigenvalue weighted by Crippen LogP contribution is 2.41. The first-order chi connectivity index (χ1) is 10.9. The number of aromatic nitrogens is 1. The zero-order chi connectivity index (χ0) is 16.6. The lowest BCUT2D eigenvalue weighted by Crippen LogP contribution is -2.19. The molecule has 0 atom stereocenters. The van der Waals surface area contributed by atoms with E-state index in [1.54, 1.807) is 42.5 Å². The number of carbonyl (C=O) groups excluding carboxylic acids is 1. The molecule has 116 valence electrons. The van der Waals surface area contributed by atoms with Gasteiger partial charge in [-0.25, -0.2) is 0 Å². The second-order valence-electron chi connectivity index (χ2n) is 5.22. The van der Waals surface area contributed by atoms with Crippen LogP contribution in [0.5, 0.6) is 0 Å². The summed E-state index contributed by atoms with van der Waals surface area (Å²) in [6.45, 7) is 1.50. The fourth-order valence-electron chi connectivity index (χ4n) is 2.73. The van der Waals surface area contributed by atoms with Crippen molar-refractivity contribution in [2.24, 2.45) is 0 Å². The van der Waals surface area contributed by atoms with E-state index in [-0.39, 0.29) is 17.5 Å². The Morgan fingerprint density at radius 3 is 2.48 bits per heavy atom. The first-order valence-corrected chi connectivity index (χ1v) is 7.73. The van der Waals surface area contributed by atoms with Crippen LogP contribution in [-0.2, 0) is 10.7 Å². The molecule has 2 nitrogen and oxygen atoms in total. The summed E-state index contributed by atoms with van der Waals surface area (Å²) < 4.78 is 29.4. The number of nitrogens with zero attached hydrogens (tertiary/aromatic N) is 1. The molecule has 0 aliphatic heterocycles. The van der Waals surface area contributed by atoms with Crippen LogP contribution < -0.4 is 0 Å². The molecular formula is C18H12BrF2NO. The van der Waals surface area contributed by atoms with Crippen LogP contribution in [0.3, 0.4) is 0 Å². The molecule has 1 heterocycles. The molecule has 1 aromatic heterocycles. The third-order valence-electron chi connectivity index (χ3n) is 3.67. The number of hydrogen-bond acceptors (Lipinski definition) is 2. The smallest absolute Gasteiger partial charge is 0.296 e. The van der Waals surface area contributed by atoms with Crippen molar-refractivity contribution in [1.82, 2.24) is 4.98 Å². The van der Waals surface area contributed by atoms with Crippen molar-refractivity contribution >= 4 is 33.1 Å². The Kier molecular flexibility index (Phi) is 3.98. The molecule has 0 aliphatic carbocycles. The monoisotopic (exact) mass is 375 g/mol. The van der Waals surface area contributed by atoms with Gasteiger partial charge < -0.3 is 0 Å². The van der Waals surface area contributed by atoms with E-state index in [1.165, 1.54) is 6.92 Å². The fraction of sp³-hybridized carbons (Fsp3) is 0.111. The van der Waals surface area contributed by atoms with Gasteiger partial charge in [-0.1, -0.05) is 46.3 Å². The lowest BCUT2D eigenvalue weighted by atomic mass is 9.91. The fourth-order valence-corrected chi connectivity index (χ4v) is 3.09. The highest BCUT2D eigenvalue weighted by Gasteiger charge is 2.37. The molecular weight excluding hydrogens is 364 g/mol. The molecule has 0 spiro atoms. The van der Waals surface area contributed by atoms with E-state index in [9.17, 15) is 13.6 Å². The van der Waals surface area contributed by atoms with Crippen molar-refractivity contribution in [2.45, 2.75) is 12.8 Å². The van der Waals surface area contributed by atoms with E-state index < -0.39 is 5.92 Å². The molecule has 23 heavy (non-hydrogen) atoms. The minimum Gasteiger partial charge on any atom is -0.296 e. The quantitative estimate of drug-likeness (QED) is 0.584. The second kappa shape index (κ2) is 5.81. The molecule has 5 heteroatoms. The molecule has 0 saturated heterocycles. The molecule has 3 aromatic rings. The molecule has 0 N–H and O–H groups in total. The summed E-state index contributed by atoms with van der Waals surface area (Å²) in [6.07, 6.45) is -0.326. The van der Waals surface area contributed by atoms with E-state index in [0.29, 0.717) is 22.0 Å². The van der Waals surface area contributed by atoms with Gasteiger partial charge in [-0.05, 0) is 30.7 Å². The zero-order valence-corrected chi connectivity index (χ0v) is 13.8. The number of fused-ring (bicyclic) bond motifs is 1. The van der Waals surface area contributed by atoms with Crippen LogP contribution in [0.4, 0.5) is 8.78 Å². The molecule has 0 fully saturated rings. The van der Waals surface area contributed by atoms with Crippen molar-refractivity contribution in [1.29, 1.82) is 0 Å². The van der Waals surface area contributed by atoms with Gasteiger partial charge in [0.2, 0.25) is 0 Å². The molecule has 0 saturated carbocycles. The predicted octanol–water partition coefficient (Wildman–Crippen LogP) is 5.26. The molecule has 0 radical (unpaired) electrons. The number of benzene rings is 2. The minimum absolute atomic E-state index is 0.149. The summed E-state index contributed by atoms with van der Waals surface area (Å²) in [5.74, 6) is -3.60. The normalized spacial score (nSPS) is 11.7. The number of aryl methyl sites for hydroxylation is 1. The summed E-state index contributed by atoms with van der Waals surface area (Å²) in [5, 5.41) is 0.577. The van der Waals surface area contributed by atoms with Crippen molar-refractivity contribution < 1.29 is 13.6 Å². The maximum atomic E-state index is 14.3. The number of hydrogen-bond donors (Lipinski definition) is 0. The highest BCUT2D eigenvalue weighted by molar-refractivity contribution is 9.10. The third-order valence-corrected chi connectivity index (χ3v) is 4.16. The Hall–Kier alpha value is -2.14. The Labute approximate surface area is 140 Å². The number of pyridine rings is 1. The van der Waals surface area contributed by atoms with Gasteiger partial charge in [-0.3, -0.25) is 9.78 Å². The SMILES string of the molecule is Cc1nc2ccc(Br)cc2c(-c2ccccc2)c1C(F)(F)C=O. The number of carbonyl (C=O) groups is 1. The maximum Gasteiger partial charge on any atom is 0.329 e. The van der Waals surface area contributed by atoms with E-state index >= 15 is 0 Å². The lowest BCUT2D eigenvalue weighted by molar-refractivity contribution is -0.130. The molecule has 0 amide bonds. The van der Waals surface area contributed by atoms with E-state index in [0.717, 1.165) is 4.47 Å². The van der Waals surface area contributed by atoms with Gasteiger partial charge in [0.05, 0.1) is 11.1 Å². The lowest BCUT2D eigenvalue weighted by Gasteiger charge is -2.19. The van der Waals surface area contributed by atoms with Gasteiger partial charge in [-0.2, -0.15) is 8.78 Å². The molecule has 3 rings (SSSR count). The summed E-state index contributed by atoms with van der Waals surface area (Å²) in [7, 11) is 0. The van der Waals surface area contributed by atoms with Gasteiger partial charge in [-0.15, -0.1) is 0 Å². The van der Waals surface area contributed by atoms with E-state index in [1.807, 2.05) is 6.07 Å². The van der Waals surface area contributed by atoms with Crippen molar-refractivity contribution in [3.63, 3.8) is 0 Å². The summed E-state index contributed by atoms with van der Waals surface area (Å²) in [6, 6.07) is 14.2. The highest BCUT2D eigenvalue weighted by atomic mass is 79.9. The van der Waals surface area contributed by atoms with Crippen LogP contribution in [0, 0.1) is 6.92 Å². The van der Waals surface area contributed by atoms with Gasteiger partial charge in [0.15, 0.2) is 6.29 Å². The Morgan fingerprint density at radius 1 is 1.13 bits per heavy atom. The standard InChI is InChI=1S/C18H12BrF2NO/c1-11-17(18(20,21)10-23)16(12-5-3-2-4-6-12)14-9-13(19)7-8-15(14)22-11/h2-10H,1H3. The van der Waals surface area contributed by atoms with Gasteiger partial charge in [0.25, 0.3) is 0 Å². The number of rotatable bonds is 3. The first-order valence-electron chi connectivity index (χ1n) is 6.94. The van der Waals surface area contributed by atoms with E-state index in [2.05, 4.69) is 20.9 Å². The maximum absolute atomic E-state index is 14.3. The van der Waals surface area contributed by atoms with Gasteiger partial charge in [0, 0.05) is 21.1 Å². The number of alkyl halides is 2. The third kappa shape index (κ3) is 2.77. The zero-order valence-electron chi connectivity index (χ0n) is 12.2. The van der Waals surface area contributed by atoms with Crippen molar-refractivity contribution in [3.05, 3.63) is 64.3 Å². The summed E-state index contributed by atoms with van der Waals surface area (Å²) in [4.78, 5) is 15.2. The largest absolute Gasteiger partial charge is 0.329 e. The van der Waals surface area contributed by atoms with Crippen LogP contribution in [0.25, 0.3) is 22.0 Å². The van der Waals surface area contributed by atoms with Crippen LogP contribution in [0.2, 0.25) is 0 Å². The topological polar surface area (TPSA) is 30.0 Å².